The first-order valence-electron chi connectivity index (χ1n) is 14.1. The van der Waals surface area contributed by atoms with Crippen molar-refractivity contribution in [1.82, 2.24) is 9.88 Å². The first kappa shape index (κ1) is 27.6. The topological polar surface area (TPSA) is 134 Å². The van der Waals surface area contributed by atoms with Crippen LogP contribution < -0.4 is 5.73 Å². The lowest BCUT2D eigenvalue weighted by atomic mass is 9.79. The van der Waals surface area contributed by atoms with Gasteiger partial charge in [-0.25, -0.2) is 9.78 Å². The number of hydrogen-bond acceptors (Lipinski definition) is 7. The van der Waals surface area contributed by atoms with Crippen LogP contribution in [0.5, 0.6) is 0 Å². The van der Waals surface area contributed by atoms with E-state index < -0.39 is 18.0 Å². The average Bonchev–Trinajstić information content (AvgIpc) is 3.40. The lowest BCUT2D eigenvalue weighted by Crippen LogP contribution is -2.76. The van der Waals surface area contributed by atoms with Gasteiger partial charge in [-0.15, -0.1) is 11.3 Å². The smallest absolute Gasteiger partial charge is 0.353 e. The standard InChI is InChI=1S/C28H35N5O5S2/c1-16-23-22(17(2)34)26(36)31(23)24(27(37)38)25(16)40-28-30-19-14-18(5-6-20(19)39-28)4-3-7-32-8-11-33(12-9-32,13-10-32)15-21(29)35/h5-6,14,16-17,22-23,34H,3-4,7-13,15H2,1-2H3,(H-2,29,35,37,38)/p+2/t16-,17-,22-,23-,32?,33?/m1/s1. The summed E-state index contributed by atoms with van der Waals surface area (Å²) in [6.45, 7) is 11.6. The van der Waals surface area contributed by atoms with Crippen molar-refractivity contribution in [3.8, 4) is 0 Å². The number of carboxylic acids is 1. The van der Waals surface area contributed by atoms with Gasteiger partial charge in [0.25, 0.3) is 5.91 Å². The van der Waals surface area contributed by atoms with E-state index >= 15 is 0 Å². The molecule has 0 saturated carbocycles. The van der Waals surface area contributed by atoms with Crippen LogP contribution >= 0.6 is 23.1 Å². The van der Waals surface area contributed by atoms with Crippen molar-refractivity contribution in [2.75, 3.05) is 52.4 Å². The molecule has 5 aliphatic heterocycles. The van der Waals surface area contributed by atoms with Crippen LogP contribution in [0.15, 0.2) is 33.1 Å². The lowest BCUT2D eigenvalue weighted by molar-refractivity contribution is -1.08. The molecule has 0 aliphatic carbocycles. The molecular weight excluding hydrogens is 550 g/mol. The third kappa shape index (κ3) is 4.63. The van der Waals surface area contributed by atoms with E-state index in [0.717, 1.165) is 82.2 Å². The number of quaternary nitrogens is 2. The average molecular weight is 588 g/mol. The molecule has 2 aromatic rings. The van der Waals surface area contributed by atoms with Gasteiger partial charge in [-0.1, -0.05) is 24.8 Å². The summed E-state index contributed by atoms with van der Waals surface area (Å²) >= 11 is 2.87. The number of aliphatic carboxylic acids is 1. The minimum atomic E-state index is -1.12. The second kappa shape index (κ2) is 10.1. The molecule has 4 N–H and O–H groups in total. The van der Waals surface area contributed by atoms with E-state index in [4.69, 9.17) is 10.7 Å². The Hall–Kier alpha value is -2.51. The number of thiazole rings is 1. The molecule has 1 aromatic heterocycles. The zero-order valence-electron chi connectivity index (χ0n) is 22.9. The number of carboxylic acid groups (broad SMARTS) is 1. The largest absolute Gasteiger partial charge is 0.477 e. The molecule has 0 unspecified atom stereocenters. The van der Waals surface area contributed by atoms with E-state index in [1.54, 1.807) is 6.92 Å². The summed E-state index contributed by atoms with van der Waals surface area (Å²) in [4.78, 5) is 43.1. The van der Waals surface area contributed by atoms with Crippen molar-refractivity contribution in [1.29, 1.82) is 0 Å². The van der Waals surface area contributed by atoms with Crippen molar-refractivity contribution in [2.45, 2.75) is 43.2 Å². The maximum atomic E-state index is 12.6. The summed E-state index contributed by atoms with van der Waals surface area (Å²) < 4.78 is 3.83. The highest BCUT2D eigenvalue weighted by atomic mass is 32.2. The van der Waals surface area contributed by atoms with Crippen molar-refractivity contribution in [3.63, 3.8) is 0 Å². The molecule has 4 saturated heterocycles. The SMILES string of the molecule is C[C@@H](O)[C@H]1C(=O)N2C(C(=O)O)=C(Sc3nc4cc(CCC[N+]56CC[N+](CC(N)=O)(CC5)CC6)ccc4s3)[C@H](C)[C@H]12. The summed E-state index contributed by atoms with van der Waals surface area (Å²) in [5.41, 5.74) is 7.68. The Bertz CT molecular complexity index is 1400. The number of rotatable bonds is 10. The molecule has 0 spiro atoms. The number of carbonyl (C=O) groups excluding carboxylic acids is 2. The van der Waals surface area contributed by atoms with E-state index in [9.17, 15) is 24.6 Å². The predicted molar refractivity (Wildman–Crippen MR) is 152 cm³/mol. The van der Waals surface area contributed by atoms with Gasteiger partial charge in [0, 0.05) is 17.2 Å². The van der Waals surface area contributed by atoms with E-state index in [1.807, 2.05) is 6.92 Å². The number of amides is 2. The number of nitrogens with zero attached hydrogens (tertiary/aromatic N) is 4. The minimum absolute atomic E-state index is 0.0259. The van der Waals surface area contributed by atoms with Gasteiger partial charge in [-0.2, -0.15) is 0 Å². The number of thioether (sulfide) groups is 1. The zero-order chi connectivity index (χ0) is 28.4. The Morgan fingerprint density at radius 2 is 1.88 bits per heavy atom. The minimum Gasteiger partial charge on any atom is -0.477 e. The highest BCUT2D eigenvalue weighted by Gasteiger charge is 2.60. The second-order valence-corrected chi connectivity index (χ2v) is 14.5. The van der Waals surface area contributed by atoms with Crippen LogP contribution in [0, 0.1) is 11.8 Å². The number of carbonyl (C=O) groups is 3. The molecule has 214 valence electrons. The van der Waals surface area contributed by atoms with Crippen LogP contribution in [-0.4, -0.2) is 111 Å². The van der Waals surface area contributed by atoms with Crippen LogP contribution in [-0.2, 0) is 20.8 Å². The third-order valence-corrected chi connectivity index (χ3v) is 12.1. The fourth-order valence-corrected chi connectivity index (χ4v) is 9.69. The summed E-state index contributed by atoms with van der Waals surface area (Å²) in [6.07, 6.45) is 1.25. The third-order valence-electron chi connectivity index (χ3n) is 9.68. The van der Waals surface area contributed by atoms with E-state index in [-0.39, 0.29) is 29.5 Å². The first-order valence-corrected chi connectivity index (χ1v) is 15.7. The maximum Gasteiger partial charge on any atom is 0.353 e. The second-order valence-electron chi connectivity index (χ2n) is 12.1. The maximum absolute atomic E-state index is 12.6. The molecule has 7 rings (SSSR count). The number of aryl methyl sites for hydroxylation is 1. The molecule has 40 heavy (non-hydrogen) atoms. The Morgan fingerprint density at radius 3 is 2.50 bits per heavy atom. The highest BCUT2D eigenvalue weighted by Crippen LogP contribution is 2.52. The molecule has 4 atom stereocenters. The number of β-lactam (4-membered cyclic amide) rings is 1. The van der Waals surface area contributed by atoms with Crippen LogP contribution in [0.1, 0.15) is 25.8 Å². The van der Waals surface area contributed by atoms with Crippen LogP contribution in [0.3, 0.4) is 0 Å². The summed E-state index contributed by atoms with van der Waals surface area (Å²) in [5.74, 6) is -2.39. The number of benzene rings is 1. The molecule has 2 bridgehead atoms. The number of piperazine rings is 3. The highest BCUT2D eigenvalue weighted by molar-refractivity contribution is 8.04. The Kier molecular flexibility index (Phi) is 6.97. The van der Waals surface area contributed by atoms with Crippen molar-refractivity contribution in [3.05, 3.63) is 34.4 Å². The number of primary amides is 1. The molecular formula is C28H37N5O5S2+2. The van der Waals surface area contributed by atoms with Crippen LogP contribution in [0.25, 0.3) is 10.2 Å². The van der Waals surface area contributed by atoms with Gasteiger partial charge in [-0.05, 0) is 31.0 Å². The zero-order valence-corrected chi connectivity index (χ0v) is 24.5. The molecule has 10 nitrogen and oxygen atoms in total. The Morgan fingerprint density at radius 1 is 1.20 bits per heavy atom. The lowest BCUT2D eigenvalue weighted by Gasteiger charge is -2.55. The molecule has 6 heterocycles. The van der Waals surface area contributed by atoms with Gasteiger partial charge in [-0.3, -0.25) is 9.59 Å². The number of aromatic nitrogens is 1. The molecule has 2 amide bonds. The summed E-state index contributed by atoms with van der Waals surface area (Å²) in [5, 5.41) is 20.0. The van der Waals surface area contributed by atoms with Gasteiger partial charge in [0.1, 0.15) is 45.0 Å². The van der Waals surface area contributed by atoms with Gasteiger partial charge >= 0.3 is 5.97 Å². The van der Waals surface area contributed by atoms with Crippen molar-refractivity contribution in [2.24, 2.45) is 17.6 Å². The fourth-order valence-electron chi connectivity index (χ4n) is 7.37. The predicted octanol–water partition coefficient (Wildman–Crippen LogP) is 1.62. The summed E-state index contributed by atoms with van der Waals surface area (Å²) in [7, 11) is 0. The molecule has 12 heteroatoms. The summed E-state index contributed by atoms with van der Waals surface area (Å²) in [6, 6.07) is 6.07. The molecule has 4 fully saturated rings. The number of nitrogens with two attached hydrogens (primary N) is 1. The van der Waals surface area contributed by atoms with Crippen LogP contribution in [0.2, 0.25) is 0 Å². The van der Waals surface area contributed by atoms with E-state index in [2.05, 4.69) is 18.2 Å². The first-order chi connectivity index (χ1) is 19.0. The molecule has 0 radical (unpaired) electrons. The van der Waals surface area contributed by atoms with Crippen molar-refractivity contribution < 1.29 is 33.6 Å². The van der Waals surface area contributed by atoms with E-state index in [0.29, 0.717) is 11.4 Å². The normalized spacial score (nSPS) is 31.9. The van der Waals surface area contributed by atoms with Gasteiger partial charge < -0.3 is 29.8 Å². The van der Waals surface area contributed by atoms with E-state index in [1.165, 1.54) is 33.6 Å². The molecule has 1 aromatic carbocycles. The quantitative estimate of drug-likeness (QED) is 0.284. The fraction of sp³-hybridized carbons (Fsp3) is 0.571. The van der Waals surface area contributed by atoms with Gasteiger partial charge in [0.15, 0.2) is 10.9 Å². The van der Waals surface area contributed by atoms with Crippen LogP contribution in [0.4, 0.5) is 0 Å². The number of fused-ring (bicyclic) bond motifs is 5. The Labute approximate surface area is 241 Å². The Balaban J connectivity index is 1.11. The number of aliphatic hydroxyl groups excluding tert-OH is 1. The van der Waals surface area contributed by atoms with Gasteiger partial charge in [0.05, 0.1) is 34.8 Å². The monoisotopic (exact) mass is 587 g/mol. The molecule has 5 aliphatic rings. The van der Waals surface area contributed by atoms with Crippen molar-refractivity contribution >= 4 is 51.1 Å². The number of aliphatic hydroxyl groups is 1. The van der Waals surface area contributed by atoms with Gasteiger partial charge in [0.2, 0.25) is 5.91 Å². The number of hydrogen-bond donors (Lipinski definition) is 3.